The maximum absolute atomic E-state index is 3.90. The Kier molecular flexibility index (Phi) is 6.52. The summed E-state index contributed by atoms with van der Waals surface area (Å²) in [6.07, 6.45) is 6.37. The first-order chi connectivity index (χ1) is 12.3. The lowest BCUT2D eigenvalue weighted by atomic mass is 9.96. The molecule has 0 unspecified atom stereocenters. The molecular formula is C23H32N2. The molecule has 2 heteroatoms. The van der Waals surface area contributed by atoms with Gasteiger partial charge in [0.05, 0.1) is 0 Å². The topological polar surface area (TPSA) is 15.3 Å². The van der Waals surface area contributed by atoms with Crippen LogP contribution in [0.25, 0.3) is 0 Å². The number of rotatable bonds is 7. The number of hydrogen-bond donors (Lipinski definition) is 1. The van der Waals surface area contributed by atoms with Gasteiger partial charge in [-0.25, -0.2) is 0 Å². The average molecular weight is 337 g/mol. The third kappa shape index (κ3) is 4.64. The Morgan fingerprint density at radius 3 is 2.32 bits per heavy atom. The molecule has 0 aliphatic carbocycles. The molecule has 1 aliphatic heterocycles. The molecule has 0 saturated carbocycles. The quantitative estimate of drug-likeness (QED) is 0.680. The highest BCUT2D eigenvalue weighted by atomic mass is 15.1. The number of piperidine rings is 1. The van der Waals surface area contributed by atoms with Crippen LogP contribution in [0.1, 0.15) is 69.2 Å². The first kappa shape index (κ1) is 18.0. The van der Waals surface area contributed by atoms with Gasteiger partial charge >= 0.3 is 0 Å². The summed E-state index contributed by atoms with van der Waals surface area (Å²) >= 11 is 0. The van der Waals surface area contributed by atoms with Gasteiger partial charge in [0.25, 0.3) is 0 Å². The standard InChI is InChI=1S/C23H32N2/c1-3-12-22(24-19(2)20-13-6-4-7-14-20)21-15-8-9-16-23(21)25-17-10-5-11-18-25/h4,6-9,13-16,19,22,24H,3,5,10-12,17-18H2,1-2H3/t19-,22+/m1/s1. The number of nitrogens with zero attached hydrogens (tertiary/aromatic N) is 1. The average Bonchev–Trinajstić information content (AvgIpc) is 2.69. The first-order valence-corrected chi connectivity index (χ1v) is 9.94. The highest BCUT2D eigenvalue weighted by molar-refractivity contribution is 5.55. The van der Waals surface area contributed by atoms with Gasteiger partial charge < -0.3 is 10.2 Å². The van der Waals surface area contributed by atoms with Gasteiger partial charge in [-0.1, -0.05) is 61.9 Å². The lowest BCUT2D eigenvalue weighted by molar-refractivity contribution is 0.438. The fourth-order valence-electron chi connectivity index (χ4n) is 3.96. The minimum Gasteiger partial charge on any atom is -0.371 e. The highest BCUT2D eigenvalue weighted by Crippen LogP contribution is 2.32. The van der Waals surface area contributed by atoms with Gasteiger partial charge in [0.2, 0.25) is 0 Å². The van der Waals surface area contributed by atoms with E-state index in [9.17, 15) is 0 Å². The fraction of sp³-hybridized carbons (Fsp3) is 0.478. The molecule has 134 valence electrons. The molecule has 2 atom stereocenters. The van der Waals surface area contributed by atoms with Gasteiger partial charge in [0, 0.05) is 30.9 Å². The van der Waals surface area contributed by atoms with Crippen LogP contribution in [0.3, 0.4) is 0 Å². The summed E-state index contributed by atoms with van der Waals surface area (Å²) in [6.45, 7) is 6.96. The van der Waals surface area contributed by atoms with Crippen LogP contribution in [0.5, 0.6) is 0 Å². The normalized spacial score (nSPS) is 17.3. The summed E-state index contributed by atoms with van der Waals surface area (Å²) in [4.78, 5) is 2.59. The predicted octanol–water partition coefficient (Wildman–Crippen LogP) is 5.87. The molecule has 0 aromatic heterocycles. The van der Waals surface area contributed by atoms with Crippen molar-refractivity contribution >= 4 is 5.69 Å². The zero-order chi connectivity index (χ0) is 17.5. The lowest BCUT2D eigenvalue weighted by Crippen LogP contribution is -2.32. The number of anilines is 1. The molecule has 0 spiro atoms. The molecular weight excluding hydrogens is 304 g/mol. The maximum Gasteiger partial charge on any atom is 0.0414 e. The van der Waals surface area contributed by atoms with E-state index in [0.717, 1.165) is 0 Å². The number of hydrogen-bond acceptors (Lipinski definition) is 2. The van der Waals surface area contributed by atoms with E-state index in [4.69, 9.17) is 0 Å². The molecule has 1 fully saturated rings. The second kappa shape index (κ2) is 9.05. The van der Waals surface area contributed by atoms with E-state index in [2.05, 4.69) is 78.7 Å². The molecule has 3 rings (SSSR count). The molecule has 0 radical (unpaired) electrons. The van der Waals surface area contributed by atoms with Crippen molar-refractivity contribution in [3.8, 4) is 0 Å². The van der Waals surface area contributed by atoms with Crippen molar-refractivity contribution in [2.45, 2.75) is 58.0 Å². The summed E-state index contributed by atoms with van der Waals surface area (Å²) in [6, 6.07) is 20.6. The molecule has 1 aliphatic rings. The molecule has 1 saturated heterocycles. The van der Waals surface area contributed by atoms with Gasteiger partial charge in [0.15, 0.2) is 0 Å². The van der Waals surface area contributed by atoms with E-state index >= 15 is 0 Å². The van der Waals surface area contributed by atoms with Gasteiger partial charge in [-0.15, -0.1) is 0 Å². The van der Waals surface area contributed by atoms with Crippen LogP contribution in [-0.4, -0.2) is 13.1 Å². The Bertz CT molecular complexity index is 632. The van der Waals surface area contributed by atoms with Crippen molar-refractivity contribution in [2.75, 3.05) is 18.0 Å². The van der Waals surface area contributed by atoms with E-state index in [1.807, 2.05) is 0 Å². The smallest absolute Gasteiger partial charge is 0.0414 e. The van der Waals surface area contributed by atoms with E-state index in [0.29, 0.717) is 12.1 Å². The summed E-state index contributed by atoms with van der Waals surface area (Å²) in [5.74, 6) is 0. The van der Waals surface area contributed by atoms with Gasteiger partial charge in [-0.2, -0.15) is 0 Å². The number of benzene rings is 2. The molecule has 0 bridgehead atoms. The second-order valence-corrected chi connectivity index (χ2v) is 7.25. The SMILES string of the molecule is CCC[C@H](N[C@H](C)c1ccccc1)c1ccccc1N1CCCCC1. The molecule has 2 aromatic rings. The van der Waals surface area contributed by atoms with Crippen LogP contribution in [0.2, 0.25) is 0 Å². The molecule has 2 aromatic carbocycles. The Morgan fingerprint density at radius 1 is 0.920 bits per heavy atom. The van der Waals surface area contributed by atoms with Crippen LogP contribution < -0.4 is 10.2 Å². The van der Waals surface area contributed by atoms with E-state index in [1.165, 1.54) is 62.0 Å². The van der Waals surface area contributed by atoms with Crippen molar-refractivity contribution < 1.29 is 0 Å². The van der Waals surface area contributed by atoms with Crippen LogP contribution in [0.15, 0.2) is 54.6 Å². The molecule has 1 heterocycles. The zero-order valence-electron chi connectivity index (χ0n) is 15.7. The summed E-state index contributed by atoms with van der Waals surface area (Å²) in [5.41, 5.74) is 4.27. The fourth-order valence-corrected chi connectivity index (χ4v) is 3.96. The molecule has 1 N–H and O–H groups in total. The highest BCUT2D eigenvalue weighted by Gasteiger charge is 2.21. The van der Waals surface area contributed by atoms with E-state index in [-0.39, 0.29) is 0 Å². The zero-order valence-corrected chi connectivity index (χ0v) is 15.7. The third-order valence-electron chi connectivity index (χ3n) is 5.34. The summed E-state index contributed by atoms with van der Waals surface area (Å²) < 4.78 is 0. The van der Waals surface area contributed by atoms with Gasteiger partial charge in [-0.05, 0) is 49.8 Å². The Labute approximate surface area is 153 Å². The van der Waals surface area contributed by atoms with Crippen molar-refractivity contribution in [3.63, 3.8) is 0 Å². The van der Waals surface area contributed by atoms with E-state index in [1.54, 1.807) is 0 Å². The first-order valence-electron chi connectivity index (χ1n) is 9.94. The largest absolute Gasteiger partial charge is 0.371 e. The minimum absolute atomic E-state index is 0.354. The van der Waals surface area contributed by atoms with Crippen molar-refractivity contribution in [1.82, 2.24) is 5.32 Å². The minimum atomic E-state index is 0.354. The lowest BCUT2D eigenvalue weighted by Gasteiger charge is -2.33. The predicted molar refractivity (Wildman–Crippen MR) is 108 cm³/mol. The van der Waals surface area contributed by atoms with Gasteiger partial charge in [0.1, 0.15) is 0 Å². The monoisotopic (exact) mass is 336 g/mol. The van der Waals surface area contributed by atoms with Crippen molar-refractivity contribution in [1.29, 1.82) is 0 Å². The van der Waals surface area contributed by atoms with Crippen LogP contribution in [0.4, 0.5) is 5.69 Å². The number of nitrogens with one attached hydrogen (secondary N) is 1. The van der Waals surface area contributed by atoms with E-state index < -0.39 is 0 Å². The van der Waals surface area contributed by atoms with Gasteiger partial charge in [-0.3, -0.25) is 0 Å². The van der Waals surface area contributed by atoms with Crippen LogP contribution in [0, 0.1) is 0 Å². The van der Waals surface area contributed by atoms with Crippen molar-refractivity contribution in [3.05, 3.63) is 65.7 Å². The van der Waals surface area contributed by atoms with Crippen LogP contribution in [-0.2, 0) is 0 Å². The second-order valence-electron chi connectivity index (χ2n) is 7.25. The molecule has 0 amide bonds. The Hall–Kier alpha value is -1.80. The molecule has 2 nitrogen and oxygen atoms in total. The molecule has 25 heavy (non-hydrogen) atoms. The Balaban J connectivity index is 1.82. The summed E-state index contributed by atoms with van der Waals surface area (Å²) in [5, 5.41) is 3.90. The third-order valence-corrected chi connectivity index (χ3v) is 5.34. The number of para-hydroxylation sites is 1. The van der Waals surface area contributed by atoms with Crippen LogP contribution >= 0.6 is 0 Å². The Morgan fingerprint density at radius 2 is 1.60 bits per heavy atom. The van der Waals surface area contributed by atoms with Crippen molar-refractivity contribution in [2.24, 2.45) is 0 Å². The maximum atomic E-state index is 3.90. The summed E-state index contributed by atoms with van der Waals surface area (Å²) in [7, 11) is 0.